The van der Waals surface area contributed by atoms with E-state index in [0.717, 1.165) is 12.8 Å². The van der Waals surface area contributed by atoms with Gasteiger partial charge in [0.2, 0.25) is 5.91 Å². The molecule has 6 N–H and O–H groups in total. The second-order valence-corrected chi connectivity index (χ2v) is 9.39. The van der Waals surface area contributed by atoms with Gasteiger partial charge in [0.15, 0.2) is 0 Å². The van der Waals surface area contributed by atoms with Crippen molar-refractivity contribution in [3.05, 3.63) is 28.8 Å². The van der Waals surface area contributed by atoms with Gasteiger partial charge in [0.25, 0.3) is 11.8 Å². The molecule has 1 aliphatic rings. The third-order valence-corrected chi connectivity index (χ3v) is 5.42. The number of nitrogens with one attached hydrogen (secondary N) is 4. The van der Waals surface area contributed by atoms with Crippen LogP contribution in [0.4, 0.5) is 5.69 Å². The summed E-state index contributed by atoms with van der Waals surface area (Å²) < 4.78 is 4.79. The zero-order chi connectivity index (χ0) is 26.8. The fourth-order valence-electron chi connectivity index (χ4n) is 3.12. The Hall–Kier alpha value is -2.85. The summed E-state index contributed by atoms with van der Waals surface area (Å²) in [5, 5.41) is 5.73. The van der Waals surface area contributed by atoms with Crippen LogP contribution >= 0.6 is 11.6 Å². The molecule has 10 nitrogen and oxygen atoms in total. The van der Waals surface area contributed by atoms with Crippen molar-refractivity contribution in [3.63, 3.8) is 0 Å². The van der Waals surface area contributed by atoms with E-state index in [1.165, 1.54) is 18.2 Å². The first kappa shape index (κ1) is 30.2. The first-order chi connectivity index (χ1) is 16.4. The molecule has 1 aliphatic carbocycles. The molecule has 0 saturated heterocycles. The Bertz CT molecular complexity index is 899. The van der Waals surface area contributed by atoms with Crippen molar-refractivity contribution in [3.8, 4) is 0 Å². The van der Waals surface area contributed by atoms with E-state index in [0.29, 0.717) is 5.69 Å². The highest BCUT2D eigenvalue weighted by Gasteiger charge is 2.41. The van der Waals surface area contributed by atoms with E-state index in [2.05, 4.69) is 21.5 Å². The summed E-state index contributed by atoms with van der Waals surface area (Å²) in [6, 6.07) is 2.73. The van der Waals surface area contributed by atoms with Crippen LogP contribution in [0.25, 0.3) is 0 Å². The molecule has 11 heteroatoms. The summed E-state index contributed by atoms with van der Waals surface area (Å²) in [5.74, 6) is -1.99. The predicted molar refractivity (Wildman–Crippen MR) is 135 cm³/mol. The minimum Gasteiger partial charge on any atom is -0.465 e. The number of amides is 3. The second kappa shape index (κ2) is 13.9. The van der Waals surface area contributed by atoms with Crippen molar-refractivity contribution in [1.29, 1.82) is 0 Å². The normalized spacial score (nSPS) is 14.5. The number of esters is 1. The predicted octanol–water partition coefficient (Wildman–Crippen LogP) is 2.17. The number of hydrazine groups is 1. The summed E-state index contributed by atoms with van der Waals surface area (Å²) in [6.07, 6.45) is 1.57. The van der Waals surface area contributed by atoms with Crippen LogP contribution in [0.1, 0.15) is 64.7 Å². The lowest BCUT2D eigenvalue weighted by Gasteiger charge is -2.32. The highest BCUT2D eigenvalue weighted by atomic mass is 35.5. The summed E-state index contributed by atoms with van der Waals surface area (Å²) in [5.41, 5.74) is 10.6. The Labute approximate surface area is 212 Å². The largest absolute Gasteiger partial charge is 0.465 e. The van der Waals surface area contributed by atoms with E-state index >= 15 is 0 Å². The number of halogens is 1. The summed E-state index contributed by atoms with van der Waals surface area (Å²) in [4.78, 5) is 50.0. The summed E-state index contributed by atoms with van der Waals surface area (Å²) >= 11 is 6.01. The van der Waals surface area contributed by atoms with E-state index in [-0.39, 0.29) is 29.7 Å². The van der Waals surface area contributed by atoms with Crippen molar-refractivity contribution >= 4 is 41.0 Å². The van der Waals surface area contributed by atoms with Gasteiger partial charge in [-0.25, -0.2) is 5.43 Å². The first-order valence-electron chi connectivity index (χ1n) is 11.8. The fraction of sp³-hybridized carbons (Fsp3) is 0.583. The standard InChI is InChI=1S/C22H32ClN5O5.C2H6/c1-5-33-16(29)11-25-28-20(31)17(12-6-7-12)26-21(32)18(22(2,3)4)27-19(30)13-8-9-15(24)14(23)10-13;1-2/h8-10,12,17-18,25H,5-7,11,24H2,1-4H3,(H,26,32)(H,27,30)(H,28,31);1-2H3. The number of carbonyl (C=O) groups excluding carboxylic acids is 4. The van der Waals surface area contributed by atoms with Gasteiger partial charge in [-0.3, -0.25) is 24.6 Å². The van der Waals surface area contributed by atoms with Crippen molar-refractivity contribution < 1.29 is 23.9 Å². The molecular weight excluding hydrogens is 474 g/mol. The molecule has 2 atom stereocenters. The molecule has 2 rings (SSSR count). The number of nitrogens with two attached hydrogens (primary N) is 1. The van der Waals surface area contributed by atoms with Crippen molar-refractivity contribution in [2.75, 3.05) is 18.9 Å². The van der Waals surface area contributed by atoms with E-state index in [1.807, 2.05) is 13.8 Å². The van der Waals surface area contributed by atoms with Gasteiger partial charge in [-0.15, -0.1) is 0 Å². The van der Waals surface area contributed by atoms with E-state index in [4.69, 9.17) is 22.1 Å². The molecule has 0 radical (unpaired) electrons. The van der Waals surface area contributed by atoms with Crippen LogP contribution in [0.3, 0.4) is 0 Å². The lowest BCUT2D eigenvalue weighted by molar-refractivity contribution is -0.142. The molecule has 1 aromatic rings. The van der Waals surface area contributed by atoms with Gasteiger partial charge in [-0.05, 0) is 49.3 Å². The third kappa shape index (κ3) is 9.73. The van der Waals surface area contributed by atoms with Crippen LogP contribution in [0.2, 0.25) is 5.02 Å². The Morgan fingerprint density at radius 2 is 1.74 bits per heavy atom. The van der Waals surface area contributed by atoms with Gasteiger partial charge in [0, 0.05) is 5.56 Å². The molecule has 196 valence electrons. The zero-order valence-electron chi connectivity index (χ0n) is 21.3. The maximum absolute atomic E-state index is 13.1. The highest BCUT2D eigenvalue weighted by Crippen LogP contribution is 2.33. The molecule has 3 amide bonds. The van der Waals surface area contributed by atoms with Crippen LogP contribution in [0, 0.1) is 11.3 Å². The number of benzene rings is 1. The Kier molecular flexibility index (Phi) is 12.0. The van der Waals surface area contributed by atoms with Crippen LogP contribution in [0.5, 0.6) is 0 Å². The molecule has 0 aliphatic heterocycles. The minimum absolute atomic E-state index is 0.0226. The van der Waals surface area contributed by atoms with Gasteiger partial charge >= 0.3 is 5.97 Å². The van der Waals surface area contributed by atoms with Gasteiger partial charge in [-0.1, -0.05) is 46.2 Å². The molecule has 1 fully saturated rings. The third-order valence-electron chi connectivity index (χ3n) is 5.09. The fourth-order valence-corrected chi connectivity index (χ4v) is 3.30. The summed E-state index contributed by atoms with van der Waals surface area (Å²) in [7, 11) is 0. The number of nitrogen functional groups attached to an aromatic ring is 1. The van der Waals surface area contributed by atoms with Crippen molar-refractivity contribution in [2.45, 2.75) is 66.5 Å². The van der Waals surface area contributed by atoms with Crippen LogP contribution in [-0.4, -0.2) is 48.9 Å². The summed E-state index contributed by atoms with van der Waals surface area (Å²) in [6.45, 7) is 11.1. The van der Waals surface area contributed by atoms with E-state index < -0.39 is 41.2 Å². The SMILES string of the molecule is CC.CCOC(=O)CNNC(=O)C(NC(=O)C(NC(=O)c1ccc(N)c(Cl)c1)C(C)(C)C)C1CC1. The first-order valence-corrected chi connectivity index (χ1v) is 12.2. The Morgan fingerprint density at radius 1 is 1.11 bits per heavy atom. The molecule has 0 bridgehead atoms. The molecule has 2 unspecified atom stereocenters. The molecule has 1 saturated carbocycles. The number of carbonyl (C=O) groups is 4. The van der Waals surface area contributed by atoms with Gasteiger partial charge in [0.05, 0.1) is 17.3 Å². The number of anilines is 1. The number of hydrogen-bond acceptors (Lipinski definition) is 7. The van der Waals surface area contributed by atoms with Crippen LogP contribution in [-0.2, 0) is 19.1 Å². The van der Waals surface area contributed by atoms with Crippen molar-refractivity contribution in [1.82, 2.24) is 21.5 Å². The Morgan fingerprint density at radius 3 is 2.26 bits per heavy atom. The van der Waals surface area contributed by atoms with Gasteiger partial charge < -0.3 is 21.1 Å². The molecular formula is C24H38ClN5O5. The second-order valence-electron chi connectivity index (χ2n) is 8.98. The molecule has 1 aromatic carbocycles. The average molecular weight is 512 g/mol. The number of ether oxygens (including phenoxy) is 1. The molecule has 0 spiro atoms. The average Bonchev–Trinajstić information content (AvgIpc) is 3.63. The maximum Gasteiger partial charge on any atom is 0.321 e. The van der Waals surface area contributed by atoms with Crippen LogP contribution in [0.15, 0.2) is 18.2 Å². The Balaban J connectivity index is 0.00000298. The topological polar surface area (TPSA) is 152 Å². The number of rotatable bonds is 10. The molecule has 35 heavy (non-hydrogen) atoms. The smallest absolute Gasteiger partial charge is 0.321 e. The monoisotopic (exact) mass is 511 g/mol. The van der Waals surface area contributed by atoms with Gasteiger partial charge in [-0.2, -0.15) is 0 Å². The van der Waals surface area contributed by atoms with Crippen molar-refractivity contribution in [2.24, 2.45) is 11.3 Å². The number of hydrogen-bond donors (Lipinski definition) is 5. The lowest BCUT2D eigenvalue weighted by Crippen LogP contribution is -2.59. The lowest BCUT2D eigenvalue weighted by atomic mass is 9.85. The van der Waals surface area contributed by atoms with E-state index in [9.17, 15) is 19.2 Å². The van der Waals surface area contributed by atoms with E-state index in [1.54, 1.807) is 27.7 Å². The molecule has 0 heterocycles. The quantitative estimate of drug-likeness (QED) is 0.183. The van der Waals surface area contributed by atoms with Gasteiger partial charge in [0.1, 0.15) is 18.6 Å². The zero-order valence-corrected chi connectivity index (χ0v) is 22.0. The minimum atomic E-state index is -0.928. The molecule has 0 aromatic heterocycles. The van der Waals surface area contributed by atoms with Crippen LogP contribution < -0.4 is 27.2 Å². The maximum atomic E-state index is 13.1. The highest BCUT2D eigenvalue weighted by molar-refractivity contribution is 6.33.